The van der Waals surface area contributed by atoms with E-state index in [0.29, 0.717) is 28.4 Å². The molecule has 6 rings (SSSR count). The number of amides is 6. The van der Waals surface area contributed by atoms with Gasteiger partial charge in [-0.2, -0.15) is 0 Å². The van der Waals surface area contributed by atoms with E-state index in [1.54, 1.807) is 41.7 Å². The molecule has 0 spiro atoms. The van der Waals surface area contributed by atoms with Crippen molar-refractivity contribution in [3.05, 3.63) is 83.1 Å². The van der Waals surface area contributed by atoms with Crippen LogP contribution in [0.3, 0.4) is 0 Å². The number of β-lactam (4-membered cyclic amide) rings is 1. The highest BCUT2D eigenvalue weighted by Crippen LogP contribution is 2.48. The molecule has 3 aromatic rings. The van der Waals surface area contributed by atoms with E-state index in [4.69, 9.17) is 14.2 Å². The Labute approximate surface area is 349 Å². The zero-order valence-electron chi connectivity index (χ0n) is 33.7. The second-order valence-corrected chi connectivity index (χ2v) is 16.9. The van der Waals surface area contributed by atoms with E-state index < -0.39 is 70.6 Å². The van der Waals surface area contributed by atoms with Gasteiger partial charge in [0.2, 0.25) is 11.1 Å². The lowest BCUT2D eigenvalue weighted by Gasteiger charge is -2.56. The molecule has 2 fully saturated rings. The maximum absolute atomic E-state index is 14.6. The van der Waals surface area contributed by atoms with Crippen LogP contribution < -0.4 is 10.6 Å². The van der Waals surface area contributed by atoms with Crippen LogP contribution in [0.4, 0.5) is 4.79 Å². The molecule has 0 bridgehead atoms. The second-order valence-electron chi connectivity index (χ2n) is 14.9. The quantitative estimate of drug-likeness (QED) is 0.0785. The number of nitrogens with zero attached hydrogens (tertiary/aromatic N) is 7. The summed E-state index contributed by atoms with van der Waals surface area (Å²) in [6, 6.07) is 16.0. The minimum Gasteiger partial charge on any atom is -0.448 e. The predicted octanol–water partition coefficient (Wildman–Crippen LogP) is 2.24. The van der Waals surface area contributed by atoms with E-state index in [0.717, 1.165) is 4.90 Å². The normalized spacial score (nSPS) is 20.6. The van der Waals surface area contributed by atoms with Gasteiger partial charge in [0, 0.05) is 45.3 Å². The van der Waals surface area contributed by atoms with Crippen LogP contribution in [0, 0.1) is 0 Å². The second kappa shape index (κ2) is 17.9. The van der Waals surface area contributed by atoms with Gasteiger partial charge in [-0.05, 0) is 61.7 Å². The van der Waals surface area contributed by atoms with E-state index in [1.807, 2.05) is 60.7 Å². The van der Waals surface area contributed by atoms with Crippen molar-refractivity contribution in [2.75, 3.05) is 38.2 Å². The molecule has 0 radical (unpaired) electrons. The minimum absolute atomic E-state index is 0.0103. The van der Waals surface area contributed by atoms with E-state index in [1.165, 1.54) is 45.1 Å². The average molecular weight is 850 g/mol. The topological polar surface area (TPSA) is 207 Å². The van der Waals surface area contributed by atoms with Crippen LogP contribution in [-0.2, 0) is 45.2 Å². The molecule has 314 valence electrons. The highest BCUT2D eigenvalue weighted by Gasteiger charge is 2.67. The number of hydrogen-bond donors (Lipinski definition) is 2. The van der Waals surface area contributed by atoms with Crippen LogP contribution in [-0.4, -0.2) is 138 Å². The lowest BCUT2D eigenvalue weighted by molar-refractivity contribution is -0.194. The smallest absolute Gasteiger partial charge is 0.356 e. The van der Waals surface area contributed by atoms with Gasteiger partial charge in [0.1, 0.15) is 17.1 Å². The number of urea groups is 1. The first-order valence-corrected chi connectivity index (χ1v) is 20.9. The molecule has 2 N–H and O–H groups in total. The van der Waals surface area contributed by atoms with Crippen LogP contribution in [0.2, 0.25) is 0 Å². The van der Waals surface area contributed by atoms with Gasteiger partial charge in [-0.3, -0.25) is 29.0 Å². The Bertz CT molecular complexity index is 2070. The summed E-state index contributed by atoms with van der Waals surface area (Å²) in [6.07, 6.45) is -1.83. The molecule has 0 unspecified atom stereocenters. The zero-order valence-corrected chi connectivity index (χ0v) is 35.4. The number of ether oxygens (including phenoxy) is 3. The molecule has 0 aliphatic carbocycles. The van der Waals surface area contributed by atoms with E-state index >= 15 is 0 Å². The fraction of sp³-hybridized carbons (Fsp3) is 0.462. The first-order valence-electron chi connectivity index (χ1n) is 18.9. The molecular formula is C39H47N9O9S2. The number of carbonyl (C=O) groups excluding carboxylic acids is 6. The summed E-state index contributed by atoms with van der Waals surface area (Å²) in [7, 11) is 2.94. The number of hydrogen-bond acceptors (Lipinski definition) is 14. The van der Waals surface area contributed by atoms with Gasteiger partial charge in [-0.1, -0.05) is 72.4 Å². The molecule has 2 saturated heterocycles. The molecule has 3 aliphatic heterocycles. The molecule has 4 heterocycles. The molecule has 18 nitrogen and oxygen atoms in total. The van der Waals surface area contributed by atoms with Gasteiger partial charge in [0.25, 0.3) is 11.6 Å². The van der Waals surface area contributed by atoms with Gasteiger partial charge >= 0.3 is 23.8 Å². The van der Waals surface area contributed by atoms with Crippen molar-refractivity contribution in [2.24, 2.45) is 7.05 Å². The monoisotopic (exact) mass is 849 g/mol. The first-order chi connectivity index (χ1) is 28.1. The number of aromatic nitrogens is 4. The highest BCUT2D eigenvalue weighted by molar-refractivity contribution is 8.01. The van der Waals surface area contributed by atoms with Crippen LogP contribution in [0.15, 0.2) is 77.1 Å². The Hall–Kier alpha value is -5.31. The molecule has 6 amide bonds. The third-order valence-electron chi connectivity index (χ3n) is 9.83. The largest absolute Gasteiger partial charge is 0.448 e. The summed E-state index contributed by atoms with van der Waals surface area (Å²) in [5.74, 6) is -3.83. The predicted molar refractivity (Wildman–Crippen MR) is 215 cm³/mol. The number of rotatable bonds is 14. The van der Waals surface area contributed by atoms with Gasteiger partial charge in [0.15, 0.2) is 6.10 Å². The maximum Gasteiger partial charge on any atom is 0.356 e. The highest BCUT2D eigenvalue weighted by atomic mass is 32.2. The van der Waals surface area contributed by atoms with E-state index in [9.17, 15) is 28.8 Å². The van der Waals surface area contributed by atoms with Crippen molar-refractivity contribution in [2.45, 2.75) is 74.7 Å². The van der Waals surface area contributed by atoms with Gasteiger partial charge < -0.3 is 29.7 Å². The average Bonchev–Trinajstić information content (AvgIpc) is 3.64. The zero-order chi connectivity index (χ0) is 42.6. The third-order valence-corrected chi connectivity index (χ3v) is 12.3. The summed E-state index contributed by atoms with van der Waals surface area (Å²) >= 11 is 2.53. The Morgan fingerprint density at radius 1 is 1.00 bits per heavy atom. The number of fused-ring (bicyclic) bond motifs is 1. The number of thioether (sulfide) groups is 2. The van der Waals surface area contributed by atoms with Gasteiger partial charge in [0.05, 0.1) is 11.7 Å². The number of imide groups is 1. The summed E-state index contributed by atoms with van der Waals surface area (Å²) in [5.41, 5.74) is -0.809. The SMILES string of the molecule is CCN1CCN(C(=O)N[C@@H](C(=O)N[C@]2(OC)C(=O)N3C(C(=O)OC(c4ccccc4)c4ccccc4)=C(CSc4nnnn4C)CS[C@@H]32)[C@H](C)OC(C)(C)C)C(=O)C1=O. The number of nitrogens with one attached hydrogen (secondary N) is 2. The minimum atomic E-state index is -2.00. The fourth-order valence-corrected chi connectivity index (χ4v) is 9.38. The molecule has 4 atom stereocenters. The van der Waals surface area contributed by atoms with Crippen LogP contribution in [0.25, 0.3) is 0 Å². The lowest BCUT2D eigenvalue weighted by atomic mass is 9.97. The number of likely N-dealkylation sites (N-methyl/N-ethyl adjacent to an activating group) is 1. The molecule has 0 saturated carbocycles. The van der Waals surface area contributed by atoms with Gasteiger partial charge in [-0.15, -0.1) is 16.9 Å². The lowest BCUT2D eigenvalue weighted by Crippen LogP contribution is -2.81. The number of tetrazole rings is 1. The molecule has 59 heavy (non-hydrogen) atoms. The Morgan fingerprint density at radius 2 is 1.64 bits per heavy atom. The van der Waals surface area contributed by atoms with Crippen LogP contribution in [0.1, 0.15) is 51.8 Å². The van der Waals surface area contributed by atoms with Crippen LogP contribution >= 0.6 is 23.5 Å². The van der Waals surface area contributed by atoms with E-state index in [2.05, 4.69) is 26.2 Å². The van der Waals surface area contributed by atoms with Crippen molar-refractivity contribution < 1.29 is 43.0 Å². The number of esters is 1. The third kappa shape index (κ3) is 8.99. The number of piperazine rings is 1. The standard InChI is InChI=1S/C39H47N9O9S2/c1-8-46-19-20-47(32(51)31(46)50)36(54)40-27(23(2)57-38(3,4)5)30(49)41-39(55-7)34(53)48-28(26(21-58-35(39)48)22-59-37-42-43-44-45(37)6)33(52)56-29(24-15-11-9-12-16-24)25-17-13-10-14-18-25/h9-18,23,27,29,35H,8,19-22H2,1-7H3,(H,40,54)(H,41,49)/t23-,27+,35+,39-/m0/s1. The van der Waals surface area contributed by atoms with Crippen molar-refractivity contribution in [3.8, 4) is 0 Å². The summed E-state index contributed by atoms with van der Waals surface area (Å²) in [5, 5.41) is 16.4. The molecule has 3 aliphatic rings. The number of benzene rings is 2. The Morgan fingerprint density at radius 3 is 2.20 bits per heavy atom. The van der Waals surface area contributed by atoms with Crippen molar-refractivity contribution in [3.63, 3.8) is 0 Å². The summed E-state index contributed by atoms with van der Waals surface area (Å²) < 4.78 is 19.7. The van der Waals surface area contributed by atoms with E-state index in [-0.39, 0.29) is 30.3 Å². The summed E-state index contributed by atoms with van der Waals surface area (Å²) in [4.78, 5) is 85.9. The van der Waals surface area contributed by atoms with Crippen molar-refractivity contribution >= 4 is 59.2 Å². The van der Waals surface area contributed by atoms with Crippen LogP contribution in [0.5, 0.6) is 0 Å². The number of aryl methyl sites for hydroxylation is 1. The van der Waals surface area contributed by atoms with Gasteiger partial charge in [-0.25, -0.2) is 14.3 Å². The van der Waals surface area contributed by atoms with Crippen molar-refractivity contribution in [1.29, 1.82) is 0 Å². The fourth-order valence-electron chi connectivity index (χ4n) is 6.95. The number of methoxy groups -OCH3 is 1. The van der Waals surface area contributed by atoms with Crippen molar-refractivity contribution in [1.82, 2.24) is 45.5 Å². The molecule has 2 aromatic carbocycles. The Balaban J connectivity index is 1.30. The first kappa shape index (κ1) is 43.3. The summed E-state index contributed by atoms with van der Waals surface area (Å²) in [6.45, 7) is 8.90. The molecular weight excluding hydrogens is 803 g/mol. The number of carbonyl (C=O) groups is 6. The molecule has 20 heteroatoms. The molecule has 1 aromatic heterocycles. The Kier molecular flexibility index (Phi) is 13.1. The maximum atomic E-state index is 14.6.